The number of hydrogen-bond acceptors (Lipinski definition) is 35. The van der Waals surface area contributed by atoms with Crippen molar-refractivity contribution in [1.82, 2.24) is 0 Å². The molecular weight excluding hydrogens is 1290 g/mol. The molecule has 0 spiro atoms. The molecular formula is C61H76O35. The fraction of sp³-hybridized carbons (Fsp3) is 0.557. The van der Waals surface area contributed by atoms with Gasteiger partial charge in [-0.15, -0.1) is 0 Å². The first-order valence-electron chi connectivity index (χ1n) is 29.6. The lowest BCUT2D eigenvalue weighted by Crippen LogP contribution is -2.69. The van der Waals surface area contributed by atoms with Gasteiger partial charge < -0.3 is 147 Å². The van der Waals surface area contributed by atoms with Crippen LogP contribution in [0.15, 0.2) is 78.9 Å². The Bertz CT molecular complexity index is 3150. The van der Waals surface area contributed by atoms with Crippen molar-refractivity contribution >= 4 is 42.0 Å². The Kier molecular flexibility index (Phi) is 26.0. The Morgan fingerprint density at radius 3 is 1.44 bits per heavy atom. The number of rotatable bonds is 26. The van der Waals surface area contributed by atoms with Crippen LogP contribution in [0.5, 0.6) is 23.0 Å². The smallest absolute Gasteiger partial charge is 0.338 e. The number of aliphatic hydroxyl groups excluding tert-OH is 12. The first kappa shape index (κ1) is 74.6. The molecule has 5 heterocycles. The van der Waals surface area contributed by atoms with Crippen LogP contribution in [-0.4, -0.2) is 302 Å². The van der Waals surface area contributed by atoms with E-state index in [1.807, 2.05) is 0 Å². The minimum absolute atomic E-state index is 0.00258. The van der Waals surface area contributed by atoms with Gasteiger partial charge in [0, 0.05) is 26.0 Å². The maximum absolute atomic E-state index is 14.4. The third kappa shape index (κ3) is 17.6. The number of aromatic hydroxyl groups is 2. The Morgan fingerprint density at radius 2 is 0.938 bits per heavy atom. The van der Waals surface area contributed by atoms with Crippen LogP contribution in [0.1, 0.15) is 35.3 Å². The lowest BCUT2D eigenvalue weighted by molar-refractivity contribution is -0.423. The second-order valence-corrected chi connectivity index (χ2v) is 22.4. The molecule has 3 aromatic rings. The fourth-order valence-electron chi connectivity index (χ4n) is 10.8. The highest BCUT2D eigenvalue weighted by molar-refractivity contribution is 5.90. The number of carbonyl (C=O) groups is 5. The van der Waals surface area contributed by atoms with Crippen LogP contribution < -0.4 is 9.47 Å². The second-order valence-electron chi connectivity index (χ2n) is 22.4. The number of methoxy groups -OCH3 is 2. The molecule has 5 saturated heterocycles. The molecule has 0 saturated carbocycles. The normalized spacial score (nSPS) is 35.4. The van der Waals surface area contributed by atoms with Crippen molar-refractivity contribution in [3.63, 3.8) is 0 Å². The summed E-state index contributed by atoms with van der Waals surface area (Å²) in [6.45, 7) is -4.52. The standard InChI is InChI=1S/C61H76O35/c1-26(65)83-23-38-51(91-57-48(77)45(74)42(71)35(20-62)86-57)47(76)50(79)59(88-38)92-53-52(90-41(70)17-13-29-11-15-32(68)34(19-29)82-4)39(24-84-27(2)66)89-60(54(53)93-58-49(78)46(75)43(72)36(21-63)87-58)96-61(25-85-40(69)16-12-28-10-14-31(67)33(18-28)81-3)55(44(73)37(22-64)95-61)94-56(80)30-8-6-5-7-9-30/h5-19,35-39,42-55,57-60,62-64,67-68,71-79H,20-25H2,1-4H3/b16-12+,17-13+/t35-,36-,37-,38-,39-,42-,43-,44-,45+,46+,47-,48-,49-,50-,51-,52-,53+,54-,55+,57+,58+,59-,60-,61+/m1/s1. The second kappa shape index (κ2) is 33.4. The van der Waals surface area contributed by atoms with Gasteiger partial charge in [-0.05, 0) is 59.7 Å². The molecule has 0 bridgehead atoms. The Labute approximate surface area is 545 Å². The van der Waals surface area contributed by atoms with E-state index in [2.05, 4.69) is 0 Å². The van der Waals surface area contributed by atoms with Crippen molar-refractivity contribution in [2.75, 3.05) is 53.9 Å². The number of phenols is 2. The van der Waals surface area contributed by atoms with Crippen LogP contribution in [0.4, 0.5) is 0 Å². The van der Waals surface area contributed by atoms with Crippen LogP contribution in [0.25, 0.3) is 12.2 Å². The molecule has 0 aromatic heterocycles. The van der Waals surface area contributed by atoms with Gasteiger partial charge in [0.15, 0.2) is 60.4 Å². The van der Waals surface area contributed by atoms with E-state index in [1.54, 1.807) is 6.07 Å². The predicted octanol–water partition coefficient (Wildman–Crippen LogP) is -4.96. The van der Waals surface area contributed by atoms with E-state index in [4.69, 9.17) is 75.8 Å². The molecule has 5 aliphatic heterocycles. The van der Waals surface area contributed by atoms with E-state index in [1.165, 1.54) is 81.0 Å². The molecule has 5 aliphatic rings. The molecule has 5 fully saturated rings. The van der Waals surface area contributed by atoms with Gasteiger partial charge in [0.1, 0.15) is 124 Å². The van der Waals surface area contributed by atoms with Gasteiger partial charge in [-0.2, -0.15) is 0 Å². The highest BCUT2D eigenvalue weighted by atomic mass is 16.8. The molecule has 24 atom stereocenters. The van der Waals surface area contributed by atoms with Crippen LogP contribution in [-0.2, 0) is 85.5 Å². The highest BCUT2D eigenvalue weighted by Gasteiger charge is 2.64. The first-order chi connectivity index (χ1) is 45.7. The summed E-state index contributed by atoms with van der Waals surface area (Å²) in [7, 11) is 2.51. The molecule has 530 valence electrons. The van der Waals surface area contributed by atoms with Crippen LogP contribution in [0, 0.1) is 0 Å². The van der Waals surface area contributed by atoms with E-state index in [0.717, 1.165) is 32.1 Å². The minimum Gasteiger partial charge on any atom is -0.504 e. The highest BCUT2D eigenvalue weighted by Crippen LogP contribution is 2.43. The summed E-state index contributed by atoms with van der Waals surface area (Å²) in [5.41, 5.74) is 0.316. The van der Waals surface area contributed by atoms with Crippen molar-refractivity contribution in [3.05, 3.63) is 95.6 Å². The summed E-state index contributed by atoms with van der Waals surface area (Å²) in [4.78, 5) is 67.8. The fourth-order valence-corrected chi connectivity index (χ4v) is 10.8. The zero-order valence-corrected chi connectivity index (χ0v) is 51.5. The summed E-state index contributed by atoms with van der Waals surface area (Å²) < 4.78 is 94.2. The van der Waals surface area contributed by atoms with Gasteiger partial charge in [0.05, 0.1) is 39.6 Å². The van der Waals surface area contributed by atoms with Gasteiger partial charge in [-0.25, -0.2) is 14.4 Å². The van der Waals surface area contributed by atoms with E-state index in [9.17, 15) is 95.5 Å². The van der Waals surface area contributed by atoms with Gasteiger partial charge in [-0.1, -0.05) is 30.3 Å². The van der Waals surface area contributed by atoms with Crippen LogP contribution >= 0.6 is 0 Å². The average molecular weight is 1370 g/mol. The monoisotopic (exact) mass is 1370 g/mol. The predicted molar refractivity (Wildman–Crippen MR) is 310 cm³/mol. The number of ether oxygens (including phenoxy) is 16. The summed E-state index contributed by atoms with van der Waals surface area (Å²) in [5, 5.41) is 154. The Balaban J connectivity index is 1.29. The minimum atomic E-state index is -3.03. The Morgan fingerprint density at radius 1 is 0.479 bits per heavy atom. The van der Waals surface area contributed by atoms with Gasteiger partial charge >= 0.3 is 29.8 Å². The van der Waals surface area contributed by atoms with E-state index >= 15 is 0 Å². The molecule has 0 aliphatic carbocycles. The lowest BCUT2D eigenvalue weighted by Gasteiger charge is -2.51. The summed E-state index contributed by atoms with van der Waals surface area (Å²) in [6.07, 6.45) is -45.7. The molecule has 0 radical (unpaired) electrons. The molecule has 3 aromatic carbocycles. The largest absolute Gasteiger partial charge is 0.504 e. The molecule has 96 heavy (non-hydrogen) atoms. The lowest BCUT2D eigenvalue weighted by atomic mass is 9.95. The quantitative estimate of drug-likeness (QED) is 0.0203. The third-order valence-electron chi connectivity index (χ3n) is 15.8. The maximum Gasteiger partial charge on any atom is 0.338 e. The van der Waals surface area contributed by atoms with Crippen molar-refractivity contribution in [1.29, 1.82) is 0 Å². The molecule has 35 nitrogen and oxygen atoms in total. The van der Waals surface area contributed by atoms with Crippen molar-refractivity contribution in [2.45, 2.75) is 161 Å². The number of aliphatic hydroxyl groups is 12. The zero-order chi connectivity index (χ0) is 69.9. The third-order valence-corrected chi connectivity index (χ3v) is 15.8. The van der Waals surface area contributed by atoms with E-state index in [-0.39, 0.29) is 39.7 Å². The molecule has 8 rings (SSSR count). The summed E-state index contributed by atoms with van der Waals surface area (Å²) in [5.74, 6) is -9.41. The molecule has 0 amide bonds. The van der Waals surface area contributed by atoms with Gasteiger partial charge in [0.25, 0.3) is 0 Å². The van der Waals surface area contributed by atoms with Gasteiger partial charge in [0.2, 0.25) is 5.79 Å². The average Bonchev–Trinajstić information content (AvgIpc) is 1.35. The van der Waals surface area contributed by atoms with Crippen molar-refractivity contribution in [3.8, 4) is 23.0 Å². The van der Waals surface area contributed by atoms with E-state index in [0.29, 0.717) is 0 Å². The van der Waals surface area contributed by atoms with Crippen LogP contribution in [0.2, 0.25) is 0 Å². The summed E-state index contributed by atoms with van der Waals surface area (Å²) >= 11 is 0. The molecule has 0 unspecified atom stereocenters. The zero-order valence-electron chi connectivity index (χ0n) is 51.5. The SMILES string of the molecule is COc1cc(/C=C/C(=O)OC[C@@]2(O[C@H]3O[C@H](COC(C)=O)[C@@H](OC(=O)/C=C/c4ccc(O)c(OC)c4)[C@H](O[C@H]4O[C@H](COC(C)=O)[C@@H](O[C@@H]5O[C@H](CO)[C@@H](O)[C@H](O)[C@H]5O)[C@H](O)[C@H]4O)[C@H]3O[C@@H]3O[C@H](CO)[C@@H](O)[C@H](O)[C@H]3O)O[C@H](CO)[C@@H](O)[C@@H]2OC(=O)c2ccccc2)ccc1O. The Hall–Kier alpha value is -7.15. The topological polar surface area (TPSA) is 516 Å². The molecule has 14 N–H and O–H groups in total. The number of carbonyl (C=O) groups excluding carboxylic acids is 5. The number of phenolic OH excluding ortho intramolecular Hbond substituents is 2. The van der Waals surface area contributed by atoms with Crippen molar-refractivity contribution in [2.24, 2.45) is 0 Å². The number of hydrogen-bond donors (Lipinski definition) is 14. The molecule has 35 heteroatoms. The van der Waals surface area contributed by atoms with Gasteiger partial charge in [-0.3, -0.25) is 9.59 Å². The maximum atomic E-state index is 14.4. The van der Waals surface area contributed by atoms with E-state index < -0.39 is 216 Å². The summed E-state index contributed by atoms with van der Waals surface area (Å²) in [6, 6.07) is 14.9. The number of benzene rings is 3. The van der Waals surface area contributed by atoms with Crippen LogP contribution in [0.3, 0.4) is 0 Å². The first-order valence-corrected chi connectivity index (χ1v) is 29.6. The van der Waals surface area contributed by atoms with Crippen molar-refractivity contribution < 1.29 is 171 Å². The number of esters is 5.